The van der Waals surface area contributed by atoms with Gasteiger partial charge in [-0.1, -0.05) is 13.3 Å². The van der Waals surface area contributed by atoms with Crippen molar-refractivity contribution in [1.82, 2.24) is 15.5 Å². The highest BCUT2D eigenvalue weighted by Gasteiger charge is 2.36. The summed E-state index contributed by atoms with van der Waals surface area (Å²) >= 11 is 0. The van der Waals surface area contributed by atoms with E-state index in [1.165, 1.54) is 32.1 Å². The Bertz CT molecular complexity index is 370. The number of hydrogen-bond donors (Lipinski definition) is 2. The maximum absolute atomic E-state index is 5.65. The Labute approximate surface area is 165 Å². The molecule has 0 radical (unpaired) electrons. The molecule has 2 aliphatic rings. The Morgan fingerprint density at radius 1 is 1.25 bits per heavy atom. The third kappa shape index (κ3) is 7.87. The summed E-state index contributed by atoms with van der Waals surface area (Å²) in [6, 6.07) is 1.20. The molecule has 1 aliphatic carbocycles. The van der Waals surface area contributed by atoms with E-state index in [1.54, 1.807) is 0 Å². The van der Waals surface area contributed by atoms with Crippen LogP contribution in [0.3, 0.4) is 0 Å². The standard InChI is InChI=1S/C18H36N4O.HI/c1-5-6-15-13-17(15)21-18(19-4)20-16-7-9-22(10-8-16)11-12-23-14(2)3;/h14-17H,5-13H2,1-4H3,(H2,19,20,21);1H. The minimum atomic E-state index is 0. The van der Waals surface area contributed by atoms with Gasteiger partial charge >= 0.3 is 0 Å². The number of piperidine rings is 1. The molecule has 0 bridgehead atoms. The molecule has 0 spiro atoms. The van der Waals surface area contributed by atoms with Crippen LogP contribution in [0.25, 0.3) is 0 Å². The van der Waals surface area contributed by atoms with Gasteiger partial charge in [0.15, 0.2) is 5.96 Å². The van der Waals surface area contributed by atoms with Gasteiger partial charge in [-0.25, -0.2) is 0 Å². The predicted molar refractivity (Wildman–Crippen MR) is 112 cm³/mol. The van der Waals surface area contributed by atoms with Gasteiger partial charge in [-0.2, -0.15) is 0 Å². The monoisotopic (exact) mass is 452 g/mol. The highest BCUT2D eigenvalue weighted by Crippen LogP contribution is 2.34. The Morgan fingerprint density at radius 2 is 1.96 bits per heavy atom. The third-order valence-corrected chi connectivity index (χ3v) is 4.91. The van der Waals surface area contributed by atoms with Crippen LogP contribution in [0.4, 0.5) is 0 Å². The topological polar surface area (TPSA) is 48.9 Å². The Balaban J connectivity index is 0.00000288. The molecule has 0 aromatic carbocycles. The van der Waals surface area contributed by atoms with Gasteiger partial charge in [0.2, 0.25) is 0 Å². The summed E-state index contributed by atoms with van der Waals surface area (Å²) in [6.45, 7) is 10.7. The molecule has 0 aromatic rings. The van der Waals surface area contributed by atoms with Crippen molar-refractivity contribution in [3.05, 3.63) is 0 Å². The van der Waals surface area contributed by atoms with E-state index < -0.39 is 0 Å². The van der Waals surface area contributed by atoms with E-state index in [0.717, 1.165) is 38.1 Å². The molecule has 1 saturated heterocycles. The summed E-state index contributed by atoms with van der Waals surface area (Å²) in [7, 11) is 1.88. The van der Waals surface area contributed by atoms with E-state index >= 15 is 0 Å². The van der Waals surface area contributed by atoms with Crippen molar-refractivity contribution in [2.45, 2.75) is 71.1 Å². The first-order valence-electron chi connectivity index (χ1n) is 9.46. The predicted octanol–water partition coefficient (Wildman–Crippen LogP) is 2.85. The highest BCUT2D eigenvalue weighted by atomic mass is 127. The zero-order valence-corrected chi connectivity index (χ0v) is 18.2. The first-order valence-corrected chi connectivity index (χ1v) is 9.46. The molecule has 6 heteroatoms. The van der Waals surface area contributed by atoms with Crippen molar-refractivity contribution in [1.29, 1.82) is 0 Å². The van der Waals surface area contributed by atoms with Crippen LogP contribution in [0.5, 0.6) is 0 Å². The lowest BCUT2D eigenvalue weighted by Gasteiger charge is -2.33. The minimum Gasteiger partial charge on any atom is -0.377 e. The zero-order chi connectivity index (χ0) is 16.7. The van der Waals surface area contributed by atoms with Gasteiger partial charge in [-0.15, -0.1) is 24.0 Å². The molecule has 1 heterocycles. The second-order valence-electron chi connectivity index (χ2n) is 7.29. The zero-order valence-electron chi connectivity index (χ0n) is 15.9. The lowest BCUT2D eigenvalue weighted by atomic mass is 10.1. The number of hydrogen-bond acceptors (Lipinski definition) is 3. The lowest BCUT2D eigenvalue weighted by Crippen LogP contribution is -2.49. The first-order chi connectivity index (χ1) is 11.1. The number of guanidine groups is 1. The molecule has 5 nitrogen and oxygen atoms in total. The van der Waals surface area contributed by atoms with Crippen LogP contribution in [0.1, 0.15) is 52.9 Å². The molecule has 2 N–H and O–H groups in total. The van der Waals surface area contributed by atoms with E-state index in [4.69, 9.17) is 4.74 Å². The molecule has 2 rings (SSSR count). The molecule has 24 heavy (non-hydrogen) atoms. The van der Waals surface area contributed by atoms with Crippen molar-refractivity contribution in [3.8, 4) is 0 Å². The molecular formula is C18H37IN4O. The minimum absolute atomic E-state index is 0. The summed E-state index contributed by atoms with van der Waals surface area (Å²) in [5, 5.41) is 7.20. The fourth-order valence-electron chi connectivity index (χ4n) is 3.37. The number of nitrogens with one attached hydrogen (secondary N) is 2. The molecule has 2 atom stereocenters. The van der Waals surface area contributed by atoms with E-state index in [9.17, 15) is 0 Å². The van der Waals surface area contributed by atoms with Crippen LogP contribution in [0.15, 0.2) is 4.99 Å². The van der Waals surface area contributed by atoms with E-state index in [1.807, 2.05) is 7.05 Å². The van der Waals surface area contributed by atoms with Crippen LogP contribution in [0.2, 0.25) is 0 Å². The Hall–Kier alpha value is -0.0800. The summed E-state index contributed by atoms with van der Waals surface area (Å²) in [4.78, 5) is 6.91. The van der Waals surface area contributed by atoms with Gasteiger partial charge in [-0.05, 0) is 45.4 Å². The lowest BCUT2D eigenvalue weighted by molar-refractivity contribution is 0.0532. The molecule has 1 saturated carbocycles. The molecular weight excluding hydrogens is 415 g/mol. The molecule has 0 amide bonds. The number of likely N-dealkylation sites (tertiary alicyclic amines) is 1. The van der Waals surface area contributed by atoms with Gasteiger partial charge in [0, 0.05) is 38.8 Å². The van der Waals surface area contributed by atoms with Gasteiger partial charge in [0.05, 0.1) is 12.7 Å². The summed E-state index contributed by atoms with van der Waals surface area (Å²) in [6.07, 6.45) is 6.64. The normalized spacial score (nSPS) is 25.5. The van der Waals surface area contributed by atoms with Crippen LogP contribution in [0, 0.1) is 5.92 Å². The fourth-order valence-corrected chi connectivity index (χ4v) is 3.37. The molecule has 1 aliphatic heterocycles. The average molecular weight is 452 g/mol. The van der Waals surface area contributed by atoms with Crippen molar-refractivity contribution in [3.63, 3.8) is 0 Å². The molecule has 2 unspecified atom stereocenters. The fraction of sp³-hybridized carbons (Fsp3) is 0.944. The van der Waals surface area contributed by atoms with Crippen molar-refractivity contribution < 1.29 is 4.74 Å². The molecule has 0 aromatic heterocycles. The number of ether oxygens (including phenoxy) is 1. The summed E-state index contributed by atoms with van der Waals surface area (Å²) < 4.78 is 5.65. The van der Waals surface area contributed by atoms with E-state index in [2.05, 4.69) is 41.3 Å². The summed E-state index contributed by atoms with van der Waals surface area (Å²) in [5.74, 6) is 1.86. The second kappa shape index (κ2) is 11.5. The maximum atomic E-state index is 5.65. The maximum Gasteiger partial charge on any atom is 0.191 e. The van der Waals surface area contributed by atoms with Crippen LogP contribution in [-0.2, 0) is 4.74 Å². The van der Waals surface area contributed by atoms with Gasteiger partial charge in [0.1, 0.15) is 0 Å². The molecule has 2 fully saturated rings. The van der Waals surface area contributed by atoms with Gasteiger partial charge in [0.25, 0.3) is 0 Å². The number of nitrogens with zero attached hydrogens (tertiary/aromatic N) is 2. The second-order valence-corrected chi connectivity index (χ2v) is 7.29. The number of rotatable bonds is 8. The number of halogens is 1. The smallest absolute Gasteiger partial charge is 0.191 e. The average Bonchev–Trinajstić information content (AvgIpc) is 3.26. The van der Waals surface area contributed by atoms with Crippen LogP contribution in [-0.4, -0.2) is 62.3 Å². The largest absolute Gasteiger partial charge is 0.377 e. The van der Waals surface area contributed by atoms with Crippen molar-refractivity contribution in [2.75, 3.05) is 33.3 Å². The number of aliphatic imine (C=N–C) groups is 1. The SMILES string of the molecule is CCCC1CC1NC(=NC)NC1CCN(CCOC(C)C)CC1.I. The van der Waals surface area contributed by atoms with Crippen molar-refractivity contribution in [2.24, 2.45) is 10.9 Å². The van der Waals surface area contributed by atoms with E-state index in [-0.39, 0.29) is 24.0 Å². The molecule has 142 valence electrons. The van der Waals surface area contributed by atoms with Gasteiger partial charge < -0.3 is 20.3 Å². The van der Waals surface area contributed by atoms with Gasteiger partial charge in [-0.3, -0.25) is 4.99 Å². The van der Waals surface area contributed by atoms with E-state index in [0.29, 0.717) is 18.2 Å². The third-order valence-electron chi connectivity index (χ3n) is 4.91. The van der Waals surface area contributed by atoms with Crippen LogP contribution >= 0.6 is 24.0 Å². The van der Waals surface area contributed by atoms with Crippen molar-refractivity contribution >= 4 is 29.9 Å². The Kier molecular flexibility index (Phi) is 10.5. The summed E-state index contributed by atoms with van der Waals surface area (Å²) in [5.41, 5.74) is 0. The quantitative estimate of drug-likeness (QED) is 0.338. The first kappa shape index (κ1) is 22.0. The highest BCUT2D eigenvalue weighted by molar-refractivity contribution is 14.0. The van der Waals surface area contributed by atoms with Crippen LogP contribution < -0.4 is 10.6 Å². The Morgan fingerprint density at radius 3 is 2.54 bits per heavy atom.